The van der Waals surface area contributed by atoms with E-state index in [1.54, 1.807) is 14.1 Å². The first-order valence-electron chi connectivity index (χ1n) is 9.58. The minimum Gasteiger partial charge on any atom is -0.348 e. The van der Waals surface area contributed by atoms with E-state index in [1.807, 2.05) is 0 Å². The molecule has 1 heterocycles. The van der Waals surface area contributed by atoms with E-state index in [0.29, 0.717) is 31.4 Å². The molecule has 1 fully saturated rings. The minimum absolute atomic E-state index is 0.0711. The lowest BCUT2D eigenvalue weighted by atomic mass is 9.85. The van der Waals surface area contributed by atoms with Crippen molar-refractivity contribution < 1.29 is 18.8 Å². The summed E-state index contributed by atoms with van der Waals surface area (Å²) < 4.78 is 13.1. The zero-order valence-electron chi connectivity index (χ0n) is 16.7. The van der Waals surface area contributed by atoms with Crippen molar-refractivity contribution in [3.05, 3.63) is 46.8 Å². The Kier molecular flexibility index (Phi) is 6.71. The van der Waals surface area contributed by atoms with Gasteiger partial charge in [0.2, 0.25) is 5.91 Å². The van der Waals surface area contributed by atoms with Crippen molar-refractivity contribution in [3.8, 4) is 0 Å². The fourth-order valence-electron chi connectivity index (χ4n) is 3.42. The number of rotatable bonds is 5. The molecule has 0 saturated heterocycles. The normalized spacial score (nSPS) is 18.5. The Hall–Kier alpha value is -2.94. The zero-order chi connectivity index (χ0) is 21.8. The summed E-state index contributed by atoms with van der Waals surface area (Å²) in [6, 6.07) is 3.70. The molecule has 3 N–H and O–H groups in total. The van der Waals surface area contributed by atoms with Gasteiger partial charge in [-0.1, -0.05) is 11.6 Å². The van der Waals surface area contributed by atoms with E-state index in [-0.39, 0.29) is 40.2 Å². The maximum atomic E-state index is 13.1. The van der Waals surface area contributed by atoms with Gasteiger partial charge in [-0.25, -0.2) is 9.37 Å². The Labute approximate surface area is 178 Å². The molecule has 1 aliphatic rings. The summed E-state index contributed by atoms with van der Waals surface area (Å²) in [7, 11) is 3.17. The molecule has 0 atom stereocenters. The predicted octanol–water partition coefficient (Wildman–Crippen LogP) is 2.83. The maximum Gasteiger partial charge on any atom is 0.274 e. The standard InChI is InChI=1S/C20H23ClFN5O3/c1-27(2)20(30)17-16(23-10-24-17)19(29)25-13-6-3-11(4-7-13)18(28)26-15-8-5-12(22)9-14(15)21/h5,8-11,13H,3-4,6-7H2,1-2H3,(H,23,24)(H,25,29)(H,26,28)/t11-,13-. The van der Waals surface area contributed by atoms with Crippen molar-refractivity contribution in [1.82, 2.24) is 20.2 Å². The van der Waals surface area contributed by atoms with Gasteiger partial charge in [0.25, 0.3) is 11.8 Å². The van der Waals surface area contributed by atoms with E-state index >= 15 is 0 Å². The topological polar surface area (TPSA) is 107 Å². The summed E-state index contributed by atoms with van der Waals surface area (Å²) in [5.74, 6) is -1.63. The van der Waals surface area contributed by atoms with Crippen LogP contribution >= 0.6 is 11.6 Å². The smallest absolute Gasteiger partial charge is 0.274 e. The van der Waals surface area contributed by atoms with Gasteiger partial charge in [-0.15, -0.1) is 0 Å². The number of nitrogens with zero attached hydrogens (tertiary/aromatic N) is 2. The Balaban J connectivity index is 1.53. The molecule has 1 aliphatic carbocycles. The third-order valence-electron chi connectivity index (χ3n) is 5.10. The van der Waals surface area contributed by atoms with E-state index in [2.05, 4.69) is 20.6 Å². The molecular formula is C20H23ClFN5O3. The summed E-state index contributed by atoms with van der Waals surface area (Å²) in [5.41, 5.74) is 0.567. The molecule has 0 bridgehead atoms. The molecule has 3 rings (SSSR count). The Morgan fingerprint density at radius 1 is 1.20 bits per heavy atom. The molecule has 0 unspecified atom stereocenters. The number of H-pyrrole nitrogens is 1. The number of anilines is 1. The van der Waals surface area contributed by atoms with Crippen molar-refractivity contribution in [2.75, 3.05) is 19.4 Å². The fraction of sp³-hybridized carbons (Fsp3) is 0.400. The molecule has 0 aliphatic heterocycles. The highest BCUT2D eigenvalue weighted by atomic mass is 35.5. The highest BCUT2D eigenvalue weighted by Crippen LogP contribution is 2.28. The second kappa shape index (κ2) is 9.25. The maximum absolute atomic E-state index is 13.1. The van der Waals surface area contributed by atoms with Gasteiger partial charge in [-0.05, 0) is 43.9 Å². The van der Waals surface area contributed by atoms with Gasteiger partial charge in [0.15, 0.2) is 5.69 Å². The number of halogens is 2. The molecule has 1 aromatic heterocycles. The number of aromatic amines is 1. The number of nitrogens with one attached hydrogen (secondary N) is 3. The Bertz CT molecular complexity index is 954. The molecule has 2 aromatic rings. The number of imidazole rings is 1. The molecule has 1 saturated carbocycles. The third kappa shape index (κ3) is 4.96. The molecule has 8 nitrogen and oxygen atoms in total. The van der Waals surface area contributed by atoms with Crippen LogP contribution in [-0.2, 0) is 4.79 Å². The summed E-state index contributed by atoms with van der Waals surface area (Å²) in [4.78, 5) is 45.2. The SMILES string of the molecule is CN(C)C(=O)c1nc[nH]c1C(=O)N[C@H]1CC[C@H](C(=O)Nc2ccc(F)cc2Cl)CC1. The lowest BCUT2D eigenvalue weighted by molar-refractivity contribution is -0.120. The largest absolute Gasteiger partial charge is 0.348 e. The van der Waals surface area contributed by atoms with E-state index in [0.717, 1.165) is 6.07 Å². The van der Waals surface area contributed by atoms with Crippen molar-refractivity contribution in [1.29, 1.82) is 0 Å². The second-order valence-electron chi connectivity index (χ2n) is 7.46. The van der Waals surface area contributed by atoms with Crippen molar-refractivity contribution in [2.45, 2.75) is 31.7 Å². The van der Waals surface area contributed by atoms with Crippen LogP contribution in [0.4, 0.5) is 10.1 Å². The van der Waals surface area contributed by atoms with Crippen LogP contribution in [0.1, 0.15) is 46.7 Å². The quantitative estimate of drug-likeness (QED) is 0.671. The molecule has 10 heteroatoms. The molecule has 0 spiro atoms. The van der Waals surface area contributed by atoms with Crippen LogP contribution in [-0.4, -0.2) is 52.7 Å². The van der Waals surface area contributed by atoms with E-state index in [4.69, 9.17) is 11.6 Å². The molecule has 30 heavy (non-hydrogen) atoms. The number of carbonyl (C=O) groups excluding carboxylic acids is 3. The summed E-state index contributed by atoms with van der Waals surface area (Å²) >= 11 is 5.96. The zero-order valence-corrected chi connectivity index (χ0v) is 17.4. The van der Waals surface area contributed by atoms with Crippen molar-refractivity contribution in [3.63, 3.8) is 0 Å². The number of benzene rings is 1. The number of hydrogen-bond donors (Lipinski definition) is 3. The minimum atomic E-state index is -0.470. The van der Waals surface area contributed by atoms with Crippen LogP contribution in [0.15, 0.2) is 24.5 Å². The molecular weight excluding hydrogens is 413 g/mol. The van der Waals surface area contributed by atoms with Gasteiger partial charge in [-0.3, -0.25) is 14.4 Å². The van der Waals surface area contributed by atoms with E-state index in [9.17, 15) is 18.8 Å². The van der Waals surface area contributed by atoms with Crippen LogP contribution in [0.25, 0.3) is 0 Å². The van der Waals surface area contributed by atoms with Crippen molar-refractivity contribution in [2.24, 2.45) is 5.92 Å². The predicted molar refractivity (Wildman–Crippen MR) is 110 cm³/mol. The third-order valence-corrected chi connectivity index (χ3v) is 5.41. The van der Waals surface area contributed by atoms with E-state index < -0.39 is 11.7 Å². The molecule has 3 amide bonds. The van der Waals surface area contributed by atoms with Gasteiger partial charge >= 0.3 is 0 Å². The highest BCUT2D eigenvalue weighted by molar-refractivity contribution is 6.33. The first-order valence-corrected chi connectivity index (χ1v) is 9.96. The number of hydrogen-bond acceptors (Lipinski definition) is 4. The lowest BCUT2D eigenvalue weighted by Crippen LogP contribution is -2.40. The highest BCUT2D eigenvalue weighted by Gasteiger charge is 2.29. The number of amides is 3. The Morgan fingerprint density at radius 2 is 1.90 bits per heavy atom. The fourth-order valence-corrected chi connectivity index (χ4v) is 3.64. The summed E-state index contributed by atoms with van der Waals surface area (Å²) in [6.45, 7) is 0. The molecule has 0 radical (unpaired) electrons. The average Bonchev–Trinajstić information content (AvgIpc) is 3.19. The van der Waals surface area contributed by atoms with E-state index in [1.165, 1.54) is 23.4 Å². The lowest BCUT2D eigenvalue weighted by Gasteiger charge is -2.28. The van der Waals surface area contributed by atoms with Gasteiger partial charge in [0, 0.05) is 26.1 Å². The van der Waals surface area contributed by atoms with Crippen LogP contribution in [0, 0.1) is 11.7 Å². The first kappa shape index (κ1) is 21.8. The summed E-state index contributed by atoms with van der Waals surface area (Å²) in [5, 5.41) is 5.79. The average molecular weight is 436 g/mol. The number of carbonyl (C=O) groups is 3. The van der Waals surface area contributed by atoms with Gasteiger partial charge in [0.1, 0.15) is 11.5 Å². The second-order valence-corrected chi connectivity index (χ2v) is 7.87. The van der Waals surface area contributed by atoms with Crippen LogP contribution in [0.5, 0.6) is 0 Å². The summed E-state index contributed by atoms with van der Waals surface area (Å²) in [6.07, 6.45) is 3.72. The van der Waals surface area contributed by atoms with Gasteiger partial charge in [-0.2, -0.15) is 0 Å². The van der Waals surface area contributed by atoms with Gasteiger partial charge in [0.05, 0.1) is 17.0 Å². The van der Waals surface area contributed by atoms with Crippen LogP contribution in [0.3, 0.4) is 0 Å². The van der Waals surface area contributed by atoms with Gasteiger partial charge < -0.3 is 20.5 Å². The van der Waals surface area contributed by atoms with Crippen LogP contribution in [0.2, 0.25) is 5.02 Å². The molecule has 1 aromatic carbocycles. The monoisotopic (exact) mass is 435 g/mol. The van der Waals surface area contributed by atoms with Crippen molar-refractivity contribution >= 4 is 35.0 Å². The number of aromatic nitrogens is 2. The Morgan fingerprint density at radius 3 is 2.53 bits per heavy atom. The van der Waals surface area contributed by atoms with Crippen LogP contribution < -0.4 is 10.6 Å². The molecule has 160 valence electrons. The first-order chi connectivity index (χ1) is 14.3.